The number of rotatable bonds is 4. The molecule has 0 aliphatic heterocycles. The Morgan fingerprint density at radius 1 is 1.19 bits per heavy atom. The van der Waals surface area contributed by atoms with Gasteiger partial charge in [0.15, 0.2) is 0 Å². The summed E-state index contributed by atoms with van der Waals surface area (Å²) < 4.78 is 15.1. The molecule has 0 atom stereocenters. The fourth-order valence-corrected chi connectivity index (χ4v) is 2.57. The summed E-state index contributed by atoms with van der Waals surface area (Å²) in [6.07, 6.45) is 0. The summed E-state index contributed by atoms with van der Waals surface area (Å²) >= 11 is 5.85. The van der Waals surface area contributed by atoms with Gasteiger partial charge in [0.2, 0.25) is 5.69 Å². The molecule has 0 radical (unpaired) electrons. The van der Waals surface area contributed by atoms with Crippen LogP contribution in [-0.2, 0) is 6.54 Å². The highest BCUT2D eigenvalue weighted by molar-refractivity contribution is 6.30. The number of hydrogen-bond donors (Lipinski definition) is 1. The molecule has 1 amide bonds. The molecule has 3 rings (SSSR count). The van der Waals surface area contributed by atoms with Gasteiger partial charge in [-0.3, -0.25) is 14.2 Å². The minimum absolute atomic E-state index is 0.0496. The van der Waals surface area contributed by atoms with Gasteiger partial charge in [0.25, 0.3) is 11.5 Å². The molecule has 0 spiro atoms. The van der Waals surface area contributed by atoms with Gasteiger partial charge in [0, 0.05) is 17.3 Å². The molecule has 3 aromatic rings. The number of benzene rings is 2. The van der Waals surface area contributed by atoms with E-state index in [1.165, 1.54) is 30.3 Å². The van der Waals surface area contributed by atoms with E-state index in [9.17, 15) is 18.8 Å². The van der Waals surface area contributed by atoms with Crippen LogP contribution >= 0.6 is 11.6 Å². The van der Waals surface area contributed by atoms with Crippen LogP contribution in [0.1, 0.15) is 17.4 Å². The molecule has 0 unspecified atom stereocenters. The first-order valence-corrected chi connectivity index (χ1v) is 8.35. The molecule has 0 bridgehead atoms. The van der Waals surface area contributed by atoms with E-state index in [2.05, 4.69) is 10.4 Å². The SMILES string of the molecule is CCn1c(=O)c(C(=O)Nc2cccc(F)c2)nn(-c2ccc(Cl)cc2)c1=O. The van der Waals surface area contributed by atoms with Gasteiger partial charge in [-0.2, -0.15) is 9.78 Å². The topological polar surface area (TPSA) is 86.0 Å². The Labute approximate surface area is 157 Å². The normalized spacial score (nSPS) is 10.6. The van der Waals surface area contributed by atoms with Gasteiger partial charge in [-0.15, -0.1) is 0 Å². The zero-order chi connectivity index (χ0) is 19.6. The number of halogens is 2. The first-order valence-electron chi connectivity index (χ1n) is 7.97. The monoisotopic (exact) mass is 388 g/mol. The van der Waals surface area contributed by atoms with Crippen molar-refractivity contribution in [3.05, 3.63) is 85.9 Å². The third-order valence-electron chi connectivity index (χ3n) is 3.74. The molecular formula is C18H14ClFN4O3. The number of carbonyl (C=O) groups is 1. The van der Waals surface area contributed by atoms with E-state index in [0.29, 0.717) is 10.7 Å². The summed E-state index contributed by atoms with van der Waals surface area (Å²) in [7, 11) is 0. The van der Waals surface area contributed by atoms with Gasteiger partial charge in [-0.05, 0) is 49.4 Å². The number of nitrogens with zero attached hydrogens (tertiary/aromatic N) is 3. The average Bonchev–Trinajstić information content (AvgIpc) is 2.63. The second-order valence-corrected chi connectivity index (χ2v) is 5.97. The van der Waals surface area contributed by atoms with Crippen LogP contribution in [0.2, 0.25) is 5.02 Å². The Morgan fingerprint density at radius 2 is 1.89 bits per heavy atom. The van der Waals surface area contributed by atoms with E-state index < -0.39 is 28.7 Å². The maximum Gasteiger partial charge on any atom is 0.352 e. The van der Waals surface area contributed by atoms with Crippen LogP contribution in [0.5, 0.6) is 0 Å². The van der Waals surface area contributed by atoms with Crippen molar-refractivity contribution in [3.8, 4) is 5.69 Å². The lowest BCUT2D eigenvalue weighted by Crippen LogP contribution is -2.44. The number of carbonyl (C=O) groups excluding carboxylic acids is 1. The summed E-state index contributed by atoms with van der Waals surface area (Å²) in [4.78, 5) is 37.5. The van der Waals surface area contributed by atoms with Gasteiger partial charge in [-0.25, -0.2) is 9.18 Å². The van der Waals surface area contributed by atoms with Crippen LogP contribution in [-0.4, -0.2) is 20.3 Å². The molecule has 1 N–H and O–H groups in total. The highest BCUT2D eigenvalue weighted by Gasteiger charge is 2.20. The van der Waals surface area contributed by atoms with Crippen LogP contribution in [0.4, 0.5) is 10.1 Å². The fraction of sp³-hybridized carbons (Fsp3) is 0.111. The Hall–Kier alpha value is -3.26. The van der Waals surface area contributed by atoms with Gasteiger partial charge in [-0.1, -0.05) is 17.7 Å². The van der Waals surface area contributed by atoms with Crippen molar-refractivity contribution in [2.45, 2.75) is 13.5 Å². The lowest BCUT2D eigenvalue weighted by atomic mass is 10.3. The maximum absolute atomic E-state index is 13.3. The van der Waals surface area contributed by atoms with E-state index in [1.807, 2.05) is 0 Å². The number of aromatic nitrogens is 3. The van der Waals surface area contributed by atoms with Crippen LogP contribution in [0.3, 0.4) is 0 Å². The zero-order valence-electron chi connectivity index (χ0n) is 14.1. The number of hydrogen-bond acceptors (Lipinski definition) is 4. The summed E-state index contributed by atoms with van der Waals surface area (Å²) in [5.74, 6) is -1.40. The number of amides is 1. The Kier molecular flexibility index (Phi) is 5.18. The lowest BCUT2D eigenvalue weighted by Gasteiger charge is -2.11. The van der Waals surface area contributed by atoms with Crippen molar-refractivity contribution in [1.29, 1.82) is 0 Å². The largest absolute Gasteiger partial charge is 0.352 e. The van der Waals surface area contributed by atoms with Crippen molar-refractivity contribution in [1.82, 2.24) is 14.3 Å². The van der Waals surface area contributed by atoms with E-state index in [0.717, 1.165) is 15.3 Å². The quantitative estimate of drug-likeness (QED) is 0.743. The number of nitrogens with one attached hydrogen (secondary N) is 1. The molecule has 138 valence electrons. The van der Waals surface area contributed by atoms with Crippen LogP contribution < -0.4 is 16.6 Å². The van der Waals surface area contributed by atoms with Crippen LogP contribution in [0.15, 0.2) is 58.1 Å². The number of anilines is 1. The highest BCUT2D eigenvalue weighted by atomic mass is 35.5. The molecule has 0 fully saturated rings. The molecule has 9 heteroatoms. The van der Waals surface area contributed by atoms with E-state index in [4.69, 9.17) is 11.6 Å². The zero-order valence-corrected chi connectivity index (χ0v) is 14.9. The average molecular weight is 389 g/mol. The Morgan fingerprint density at radius 3 is 2.52 bits per heavy atom. The van der Waals surface area contributed by atoms with Gasteiger partial charge in [0.1, 0.15) is 5.82 Å². The van der Waals surface area contributed by atoms with Gasteiger partial charge >= 0.3 is 5.69 Å². The first kappa shape index (κ1) is 18.5. The second-order valence-electron chi connectivity index (χ2n) is 5.53. The smallest absolute Gasteiger partial charge is 0.320 e. The molecule has 0 saturated carbocycles. The predicted molar refractivity (Wildman–Crippen MR) is 99.1 cm³/mol. The Balaban J connectivity index is 2.10. The lowest BCUT2D eigenvalue weighted by molar-refractivity contribution is 0.101. The van der Waals surface area contributed by atoms with Gasteiger partial charge < -0.3 is 5.32 Å². The predicted octanol–water partition coefficient (Wildman–Crippen LogP) is 2.46. The molecule has 1 aromatic heterocycles. The minimum atomic E-state index is -0.851. The molecule has 7 nitrogen and oxygen atoms in total. The van der Waals surface area contributed by atoms with Crippen molar-refractivity contribution < 1.29 is 9.18 Å². The van der Waals surface area contributed by atoms with Crippen molar-refractivity contribution in [2.75, 3.05) is 5.32 Å². The third kappa shape index (κ3) is 3.80. The summed E-state index contributed by atoms with van der Waals surface area (Å²) in [6.45, 7) is 1.65. The van der Waals surface area contributed by atoms with E-state index in [-0.39, 0.29) is 12.2 Å². The first-order chi connectivity index (χ1) is 12.9. The molecule has 0 aliphatic rings. The van der Waals surface area contributed by atoms with Crippen molar-refractivity contribution >= 4 is 23.2 Å². The molecule has 0 saturated heterocycles. The van der Waals surface area contributed by atoms with Crippen molar-refractivity contribution in [2.24, 2.45) is 0 Å². The molecule has 1 heterocycles. The summed E-state index contributed by atoms with van der Waals surface area (Å²) in [6, 6.07) is 11.4. The molecular weight excluding hydrogens is 375 g/mol. The van der Waals surface area contributed by atoms with Gasteiger partial charge in [0.05, 0.1) is 5.69 Å². The van der Waals surface area contributed by atoms with E-state index >= 15 is 0 Å². The van der Waals surface area contributed by atoms with Crippen LogP contribution in [0.25, 0.3) is 5.69 Å². The fourth-order valence-electron chi connectivity index (χ4n) is 2.44. The molecule has 27 heavy (non-hydrogen) atoms. The summed E-state index contributed by atoms with van der Waals surface area (Å²) in [5, 5.41) is 6.79. The maximum atomic E-state index is 13.3. The summed E-state index contributed by atoms with van der Waals surface area (Å²) in [5.41, 5.74) is -1.51. The van der Waals surface area contributed by atoms with Crippen molar-refractivity contribution in [3.63, 3.8) is 0 Å². The van der Waals surface area contributed by atoms with E-state index in [1.54, 1.807) is 19.1 Å². The van der Waals surface area contributed by atoms with Crippen LogP contribution in [0, 0.1) is 5.82 Å². The molecule has 2 aromatic carbocycles. The third-order valence-corrected chi connectivity index (χ3v) is 4.00. The Bertz CT molecular complexity index is 1120. The molecule has 0 aliphatic carbocycles. The standard InChI is InChI=1S/C18H14ClFN4O3/c1-2-23-17(26)15(16(25)21-13-5-3-4-12(20)10-13)22-24(18(23)27)14-8-6-11(19)7-9-14/h3-10H,2H2,1H3,(H,21,25). The highest BCUT2D eigenvalue weighted by Crippen LogP contribution is 2.12. The minimum Gasteiger partial charge on any atom is -0.320 e. The second kappa shape index (κ2) is 7.55.